The van der Waals surface area contributed by atoms with Gasteiger partial charge in [-0.3, -0.25) is 4.79 Å². The van der Waals surface area contributed by atoms with Crippen molar-refractivity contribution in [3.63, 3.8) is 0 Å². The quantitative estimate of drug-likeness (QED) is 0.551. The van der Waals surface area contributed by atoms with Crippen LogP contribution in [0.15, 0.2) is 24.3 Å². The van der Waals surface area contributed by atoms with Gasteiger partial charge in [0.15, 0.2) is 0 Å². The monoisotopic (exact) mass is 358 g/mol. The van der Waals surface area contributed by atoms with Gasteiger partial charge in [0.05, 0.1) is 5.69 Å². The number of hydrogen-bond acceptors (Lipinski definition) is 3. The maximum atomic E-state index is 12.8. The fourth-order valence-corrected chi connectivity index (χ4v) is 4.06. The Bertz CT molecular complexity index is 706. The number of aryl methyl sites for hydroxylation is 1. The van der Waals surface area contributed by atoms with Crippen LogP contribution in [0.5, 0.6) is 0 Å². The molecule has 4 heteroatoms. The van der Waals surface area contributed by atoms with Gasteiger partial charge in [-0.05, 0) is 24.8 Å². The molecule has 0 atom stereocenters. The number of thiazole rings is 1. The van der Waals surface area contributed by atoms with Crippen molar-refractivity contribution in [1.29, 1.82) is 0 Å². The minimum atomic E-state index is 0.0970. The highest BCUT2D eigenvalue weighted by Gasteiger charge is 2.20. The second-order valence-electron chi connectivity index (χ2n) is 6.96. The summed E-state index contributed by atoms with van der Waals surface area (Å²) in [4.78, 5) is 20.1. The predicted octanol–water partition coefficient (Wildman–Crippen LogP) is 5.89. The van der Waals surface area contributed by atoms with Crippen molar-refractivity contribution >= 4 is 17.2 Å². The molecule has 2 aromatic rings. The number of hydrogen-bond donors (Lipinski definition) is 0. The van der Waals surface area contributed by atoms with Crippen molar-refractivity contribution in [3.8, 4) is 10.6 Å². The predicted molar refractivity (Wildman–Crippen MR) is 107 cm³/mol. The molecule has 0 saturated carbocycles. The molecule has 1 heterocycles. The standard InChI is InChI=1S/C21H30N2OS/c1-6-7-8-11-14-23(5)21(24)19-16(4)22-20(25-19)18-13-10-9-12-17(18)15(2)3/h9-10,12-13,15H,6-8,11,14H2,1-5H3. The molecule has 0 unspecified atom stereocenters. The molecule has 0 aliphatic rings. The molecular formula is C21H30N2OS. The van der Waals surface area contributed by atoms with Gasteiger partial charge in [0.25, 0.3) is 5.91 Å². The maximum absolute atomic E-state index is 12.8. The summed E-state index contributed by atoms with van der Waals surface area (Å²) in [6, 6.07) is 8.36. The van der Waals surface area contributed by atoms with Crippen LogP contribution in [-0.2, 0) is 0 Å². The van der Waals surface area contributed by atoms with Crippen LogP contribution in [0.4, 0.5) is 0 Å². The molecule has 1 aromatic carbocycles. The van der Waals surface area contributed by atoms with Crippen molar-refractivity contribution in [2.45, 2.75) is 59.3 Å². The van der Waals surface area contributed by atoms with Gasteiger partial charge < -0.3 is 4.90 Å². The van der Waals surface area contributed by atoms with Crippen LogP contribution < -0.4 is 0 Å². The van der Waals surface area contributed by atoms with E-state index in [1.54, 1.807) is 0 Å². The Balaban J connectivity index is 2.18. The molecule has 0 fully saturated rings. The summed E-state index contributed by atoms with van der Waals surface area (Å²) in [6.07, 6.45) is 4.70. The second kappa shape index (κ2) is 9.14. The fourth-order valence-electron chi connectivity index (χ4n) is 2.96. The number of aromatic nitrogens is 1. The largest absolute Gasteiger partial charge is 0.341 e. The van der Waals surface area contributed by atoms with E-state index >= 15 is 0 Å². The number of benzene rings is 1. The zero-order valence-electron chi connectivity index (χ0n) is 16.1. The van der Waals surface area contributed by atoms with Gasteiger partial charge in [-0.25, -0.2) is 4.98 Å². The number of carbonyl (C=O) groups excluding carboxylic acids is 1. The molecule has 0 spiro atoms. The van der Waals surface area contributed by atoms with Crippen molar-refractivity contribution in [2.24, 2.45) is 0 Å². The Hall–Kier alpha value is -1.68. The summed E-state index contributed by atoms with van der Waals surface area (Å²) >= 11 is 1.52. The highest BCUT2D eigenvalue weighted by molar-refractivity contribution is 7.17. The van der Waals surface area contributed by atoms with Crippen LogP contribution in [0.1, 0.15) is 73.3 Å². The molecule has 0 saturated heterocycles. The van der Waals surface area contributed by atoms with Crippen molar-refractivity contribution in [2.75, 3.05) is 13.6 Å². The molecule has 2 rings (SSSR count). The molecule has 136 valence electrons. The smallest absolute Gasteiger partial charge is 0.265 e. The first kappa shape index (κ1) is 19.6. The van der Waals surface area contributed by atoms with Gasteiger partial charge in [-0.2, -0.15) is 0 Å². The summed E-state index contributed by atoms with van der Waals surface area (Å²) in [7, 11) is 1.90. The third kappa shape index (κ3) is 4.91. The molecule has 25 heavy (non-hydrogen) atoms. The summed E-state index contributed by atoms with van der Waals surface area (Å²) in [5.41, 5.74) is 3.27. The number of carbonyl (C=O) groups is 1. The van der Waals surface area contributed by atoms with Crippen LogP contribution in [0, 0.1) is 6.92 Å². The first-order valence-electron chi connectivity index (χ1n) is 9.27. The summed E-state index contributed by atoms with van der Waals surface area (Å²) in [6.45, 7) is 9.33. The zero-order chi connectivity index (χ0) is 18.4. The molecule has 1 amide bonds. The van der Waals surface area contributed by atoms with E-state index < -0.39 is 0 Å². The van der Waals surface area contributed by atoms with E-state index in [0.717, 1.165) is 34.1 Å². The van der Waals surface area contributed by atoms with Crippen molar-refractivity contribution in [1.82, 2.24) is 9.88 Å². The molecule has 3 nitrogen and oxygen atoms in total. The fraction of sp³-hybridized carbons (Fsp3) is 0.524. The van der Waals surface area contributed by atoms with Gasteiger partial charge in [-0.1, -0.05) is 64.3 Å². The summed E-state index contributed by atoms with van der Waals surface area (Å²) in [5, 5.41) is 0.949. The Kier molecular flexibility index (Phi) is 7.18. The van der Waals surface area contributed by atoms with E-state index in [4.69, 9.17) is 4.98 Å². The van der Waals surface area contributed by atoms with E-state index in [9.17, 15) is 4.79 Å². The Morgan fingerprint density at radius 2 is 1.92 bits per heavy atom. The Morgan fingerprint density at radius 1 is 1.20 bits per heavy atom. The zero-order valence-corrected chi connectivity index (χ0v) is 16.9. The molecule has 1 aromatic heterocycles. The Labute approximate surface area is 156 Å². The molecule has 0 radical (unpaired) electrons. The van der Waals surface area contributed by atoms with Crippen LogP contribution in [0.2, 0.25) is 0 Å². The first-order valence-corrected chi connectivity index (χ1v) is 10.1. The van der Waals surface area contributed by atoms with E-state index in [1.807, 2.05) is 24.9 Å². The van der Waals surface area contributed by atoms with Crippen LogP contribution >= 0.6 is 11.3 Å². The SMILES string of the molecule is CCCCCCN(C)C(=O)c1sc(-c2ccccc2C(C)C)nc1C. The lowest BCUT2D eigenvalue weighted by atomic mass is 9.98. The van der Waals surface area contributed by atoms with Crippen LogP contribution in [-0.4, -0.2) is 29.4 Å². The van der Waals surface area contributed by atoms with E-state index in [2.05, 4.69) is 39.0 Å². The number of rotatable bonds is 8. The van der Waals surface area contributed by atoms with E-state index in [0.29, 0.717) is 5.92 Å². The third-order valence-corrected chi connectivity index (χ3v) is 5.68. The summed E-state index contributed by atoms with van der Waals surface area (Å²) in [5.74, 6) is 0.528. The lowest BCUT2D eigenvalue weighted by Gasteiger charge is -2.16. The lowest BCUT2D eigenvalue weighted by Crippen LogP contribution is -2.27. The molecule has 0 N–H and O–H groups in total. The molecule has 0 aliphatic heterocycles. The minimum absolute atomic E-state index is 0.0970. The molecular weight excluding hydrogens is 328 g/mol. The topological polar surface area (TPSA) is 33.2 Å². The van der Waals surface area contributed by atoms with Gasteiger partial charge >= 0.3 is 0 Å². The highest BCUT2D eigenvalue weighted by atomic mass is 32.1. The minimum Gasteiger partial charge on any atom is -0.341 e. The lowest BCUT2D eigenvalue weighted by molar-refractivity contribution is 0.0796. The maximum Gasteiger partial charge on any atom is 0.265 e. The summed E-state index contributed by atoms with van der Waals surface area (Å²) < 4.78 is 0. The van der Waals surface area contributed by atoms with E-state index in [1.165, 1.54) is 36.2 Å². The normalized spacial score (nSPS) is 11.1. The number of unbranched alkanes of at least 4 members (excludes halogenated alkanes) is 3. The number of amides is 1. The van der Waals surface area contributed by atoms with Gasteiger partial charge in [0.2, 0.25) is 0 Å². The van der Waals surface area contributed by atoms with Gasteiger partial charge in [0, 0.05) is 19.2 Å². The third-order valence-electron chi connectivity index (χ3n) is 4.50. The van der Waals surface area contributed by atoms with Gasteiger partial charge in [-0.15, -0.1) is 11.3 Å². The first-order chi connectivity index (χ1) is 12.0. The van der Waals surface area contributed by atoms with Crippen LogP contribution in [0.3, 0.4) is 0 Å². The van der Waals surface area contributed by atoms with Gasteiger partial charge in [0.1, 0.15) is 9.88 Å². The average Bonchev–Trinajstić information content (AvgIpc) is 2.99. The van der Waals surface area contributed by atoms with E-state index in [-0.39, 0.29) is 5.91 Å². The van der Waals surface area contributed by atoms with Crippen molar-refractivity contribution in [3.05, 3.63) is 40.4 Å². The van der Waals surface area contributed by atoms with Crippen molar-refractivity contribution < 1.29 is 4.79 Å². The Morgan fingerprint density at radius 3 is 2.60 bits per heavy atom. The molecule has 0 bridgehead atoms. The highest BCUT2D eigenvalue weighted by Crippen LogP contribution is 2.33. The second-order valence-corrected chi connectivity index (χ2v) is 7.96. The van der Waals surface area contributed by atoms with Crippen LogP contribution in [0.25, 0.3) is 10.6 Å². The molecule has 0 aliphatic carbocycles. The number of nitrogens with zero attached hydrogens (tertiary/aromatic N) is 2. The average molecular weight is 359 g/mol.